The number of anilines is 2. The van der Waals surface area contributed by atoms with Crippen LogP contribution in [-0.4, -0.2) is 48.7 Å². The molecule has 0 unspecified atom stereocenters. The van der Waals surface area contributed by atoms with Gasteiger partial charge in [0.25, 0.3) is 0 Å². The monoisotopic (exact) mass is 293 g/mol. The van der Waals surface area contributed by atoms with Gasteiger partial charge in [-0.15, -0.1) is 0 Å². The van der Waals surface area contributed by atoms with Gasteiger partial charge in [-0.1, -0.05) is 6.07 Å². The molecule has 0 aliphatic heterocycles. The predicted octanol–water partition coefficient (Wildman–Crippen LogP) is 2.47. The Morgan fingerprint density at radius 1 is 1.29 bits per heavy atom. The summed E-state index contributed by atoms with van der Waals surface area (Å²) in [6.45, 7) is 3.90. The molecule has 0 aliphatic rings. The molecule has 0 bridgehead atoms. The number of aliphatic carboxylic acids is 1. The van der Waals surface area contributed by atoms with E-state index in [1.54, 1.807) is 6.07 Å². The number of nitrogens with one attached hydrogen (secondary N) is 1. The van der Waals surface area contributed by atoms with E-state index in [-0.39, 0.29) is 25.0 Å². The van der Waals surface area contributed by atoms with Gasteiger partial charge >= 0.3 is 12.0 Å². The van der Waals surface area contributed by atoms with Crippen molar-refractivity contribution in [2.24, 2.45) is 0 Å². The van der Waals surface area contributed by atoms with Gasteiger partial charge in [-0.3, -0.25) is 4.79 Å². The lowest BCUT2D eigenvalue weighted by molar-refractivity contribution is -0.137. The minimum atomic E-state index is -0.914. The zero-order chi connectivity index (χ0) is 16.0. The molecule has 6 nitrogen and oxygen atoms in total. The summed E-state index contributed by atoms with van der Waals surface area (Å²) >= 11 is 0. The molecule has 0 saturated heterocycles. The highest BCUT2D eigenvalue weighted by Crippen LogP contribution is 2.18. The van der Waals surface area contributed by atoms with Crippen molar-refractivity contribution in [2.75, 3.05) is 30.9 Å². The largest absolute Gasteiger partial charge is 0.481 e. The highest BCUT2D eigenvalue weighted by molar-refractivity contribution is 5.90. The summed E-state index contributed by atoms with van der Waals surface area (Å²) in [6, 6.07) is 7.12. The smallest absolute Gasteiger partial charge is 0.322 e. The first kappa shape index (κ1) is 16.8. The minimum absolute atomic E-state index is 0.0661. The number of carbonyl (C=O) groups is 2. The van der Waals surface area contributed by atoms with Crippen molar-refractivity contribution in [3.8, 4) is 0 Å². The highest BCUT2D eigenvalue weighted by Gasteiger charge is 2.18. The van der Waals surface area contributed by atoms with E-state index in [0.717, 1.165) is 5.69 Å². The van der Waals surface area contributed by atoms with Crippen molar-refractivity contribution in [2.45, 2.75) is 26.3 Å². The van der Waals surface area contributed by atoms with E-state index in [4.69, 9.17) is 5.11 Å². The summed E-state index contributed by atoms with van der Waals surface area (Å²) < 4.78 is 0. The summed E-state index contributed by atoms with van der Waals surface area (Å²) in [5, 5.41) is 11.6. The molecule has 0 heterocycles. The number of nitrogens with zero attached hydrogens (tertiary/aromatic N) is 2. The fourth-order valence-corrected chi connectivity index (χ4v) is 1.87. The number of carboxylic acid groups (broad SMARTS) is 1. The molecule has 0 aliphatic carbocycles. The quantitative estimate of drug-likeness (QED) is 0.845. The molecule has 1 aromatic carbocycles. The third-order valence-corrected chi connectivity index (χ3v) is 3.06. The maximum atomic E-state index is 12.3. The molecule has 2 amide bonds. The fourth-order valence-electron chi connectivity index (χ4n) is 1.87. The molecular weight excluding hydrogens is 270 g/mol. The zero-order valence-corrected chi connectivity index (χ0v) is 13.0. The van der Waals surface area contributed by atoms with Crippen molar-refractivity contribution in [3.05, 3.63) is 24.3 Å². The lowest BCUT2D eigenvalue weighted by Gasteiger charge is -2.26. The van der Waals surface area contributed by atoms with Crippen LogP contribution in [0.15, 0.2) is 24.3 Å². The molecule has 116 valence electrons. The number of carbonyl (C=O) groups excluding carboxylic acids is 1. The van der Waals surface area contributed by atoms with Crippen LogP contribution in [0.25, 0.3) is 0 Å². The number of benzene rings is 1. The lowest BCUT2D eigenvalue weighted by atomic mass is 10.2. The van der Waals surface area contributed by atoms with Crippen LogP contribution in [0.2, 0.25) is 0 Å². The number of hydrogen-bond donors (Lipinski definition) is 2. The lowest BCUT2D eigenvalue weighted by Crippen LogP contribution is -2.41. The molecule has 0 aromatic heterocycles. The molecule has 0 spiro atoms. The average molecular weight is 293 g/mol. The third-order valence-electron chi connectivity index (χ3n) is 3.06. The van der Waals surface area contributed by atoms with Gasteiger partial charge in [0.1, 0.15) is 0 Å². The molecule has 2 N–H and O–H groups in total. The Bertz CT molecular complexity index is 501. The van der Waals surface area contributed by atoms with E-state index in [1.165, 1.54) is 4.90 Å². The maximum Gasteiger partial charge on any atom is 0.322 e. The topological polar surface area (TPSA) is 72.9 Å². The molecule has 1 aromatic rings. The molecular formula is C15H23N3O3. The minimum Gasteiger partial charge on any atom is -0.481 e. The number of carboxylic acids is 1. The van der Waals surface area contributed by atoms with Gasteiger partial charge in [0.2, 0.25) is 0 Å². The van der Waals surface area contributed by atoms with Crippen LogP contribution in [0.4, 0.5) is 16.2 Å². The molecule has 21 heavy (non-hydrogen) atoms. The number of rotatable bonds is 6. The Kier molecular flexibility index (Phi) is 6.02. The van der Waals surface area contributed by atoms with Crippen molar-refractivity contribution in [1.82, 2.24) is 4.90 Å². The standard InChI is InChI=1S/C15H23N3O3/c1-11(2)18(9-8-14(19)20)15(21)16-12-6-5-7-13(10-12)17(3)4/h5-7,10-11H,8-9H2,1-4H3,(H,16,21)(H,19,20). The summed E-state index contributed by atoms with van der Waals surface area (Å²) in [6.07, 6.45) is -0.0661. The molecule has 0 atom stereocenters. The van der Waals surface area contributed by atoms with Crippen molar-refractivity contribution < 1.29 is 14.7 Å². The van der Waals surface area contributed by atoms with Gasteiger partial charge < -0.3 is 20.2 Å². The Morgan fingerprint density at radius 3 is 2.48 bits per heavy atom. The van der Waals surface area contributed by atoms with Crippen LogP contribution in [0.1, 0.15) is 20.3 Å². The van der Waals surface area contributed by atoms with Gasteiger partial charge in [0.15, 0.2) is 0 Å². The summed E-state index contributed by atoms with van der Waals surface area (Å²) in [5.41, 5.74) is 1.67. The Labute approximate surface area is 125 Å². The zero-order valence-electron chi connectivity index (χ0n) is 13.0. The van der Waals surface area contributed by atoms with Crippen LogP contribution in [0.5, 0.6) is 0 Å². The van der Waals surface area contributed by atoms with E-state index in [0.29, 0.717) is 5.69 Å². The van der Waals surface area contributed by atoms with Crippen LogP contribution in [0.3, 0.4) is 0 Å². The Hall–Kier alpha value is -2.24. The maximum absolute atomic E-state index is 12.3. The number of hydrogen-bond acceptors (Lipinski definition) is 3. The fraction of sp³-hybridized carbons (Fsp3) is 0.467. The van der Waals surface area contributed by atoms with E-state index in [1.807, 2.05) is 51.0 Å². The van der Waals surface area contributed by atoms with Crippen LogP contribution >= 0.6 is 0 Å². The molecule has 0 saturated carbocycles. The first-order valence-corrected chi connectivity index (χ1v) is 6.88. The van der Waals surface area contributed by atoms with Crippen LogP contribution in [0, 0.1) is 0 Å². The second-order valence-corrected chi connectivity index (χ2v) is 5.31. The van der Waals surface area contributed by atoms with Gasteiger partial charge in [-0.05, 0) is 32.0 Å². The van der Waals surface area contributed by atoms with Crippen molar-refractivity contribution in [3.63, 3.8) is 0 Å². The highest BCUT2D eigenvalue weighted by atomic mass is 16.4. The van der Waals surface area contributed by atoms with Gasteiger partial charge in [0.05, 0.1) is 6.42 Å². The van der Waals surface area contributed by atoms with Gasteiger partial charge in [0, 0.05) is 38.1 Å². The average Bonchev–Trinajstić information content (AvgIpc) is 2.38. The van der Waals surface area contributed by atoms with Crippen molar-refractivity contribution in [1.29, 1.82) is 0 Å². The second-order valence-electron chi connectivity index (χ2n) is 5.31. The second kappa shape index (κ2) is 7.52. The number of urea groups is 1. The number of amides is 2. The first-order valence-electron chi connectivity index (χ1n) is 6.88. The molecule has 0 radical (unpaired) electrons. The van der Waals surface area contributed by atoms with Gasteiger partial charge in [-0.2, -0.15) is 0 Å². The predicted molar refractivity (Wildman–Crippen MR) is 83.9 cm³/mol. The van der Waals surface area contributed by atoms with Crippen LogP contribution < -0.4 is 10.2 Å². The Balaban J connectivity index is 2.76. The first-order chi connectivity index (χ1) is 9.81. The van der Waals surface area contributed by atoms with E-state index in [2.05, 4.69) is 5.32 Å². The van der Waals surface area contributed by atoms with E-state index in [9.17, 15) is 9.59 Å². The van der Waals surface area contributed by atoms with Crippen molar-refractivity contribution >= 4 is 23.4 Å². The summed E-state index contributed by atoms with van der Waals surface area (Å²) in [4.78, 5) is 26.4. The normalized spacial score (nSPS) is 10.3. The molecule has 0 fully saturated rings. The van der Waals surface area contributed by atoms with Gasteiger partial charge in [-0.25, -0.2) is 4.79 Å². The van der Waals surface area contributed by atoms with E-state index >= 15 is 0 Å². The van der Waals surface area contributed by atoms with E-state index < -0.39 is 5.97 Å². The summed E-state index contributed by atoms with van der Waals surface area (Å²) in [7, 11) is 3.85. The Morgan fingerprint density at radius 2 is 1.95 bits per heavy atom. The molecule has 6 heteroatoms. The third kappa shape index (κ3) is 5.33. The summed E-state index contributed by atoms with van der Waals surface area (Å²) in [5.74, 6) is -0.914. The SMILES string of the molecule is CC(C)N(CCC(=O)O)C(=O)Nc1cccc(N(C)C)c1. The molecule has 1 rings (SSSR count). The van der Waals surface area contributed by atoms with Crippen LogP contribution in [-0.2, 0) is 4.79 Å².